The highest BCUT2D eigenvalue weighted by molar-refractivity contribution is 5.89. The summed E-state index contributed by atoms with van der Waals surface area (Å²) in [5.74, 6) is 0.345. The zero-order valence-corrected chi connectivity index (χ0v) is 25.9. The van der Waals surface area contributed by atoms with Gasteiger partial charge in [0.05, 0.1) is 24.5 Å². The Morgan fingerprint density at radius 2 is 1.39 bits per heavy atom. The van der Waals surface area contributed by atoms with E-state index in [-0.39, 0.29) is 35.0 Å². The molecule has 3 rings (SSSR count). The molecule has 8 nitrogen and oxygen atoms in total. The van der Waals surface area contributed by atoms with Crippen LogP contribution < -0.4 is 0 Å². The van der Waals surface area contributed by atoms with Crippen molar-refractivity contribution in [2.75, 3.05) is 13.2 Å². The second-order valence-corrected chi connectivity index (χ2v) is 14.5. The molecule has 38 heavy (non-hydrogen) atoms. The fraction of sp³-hybridized carbons (Fsp3) is 0.967. The number of rotatable bonds is 8. The Kier molecular flexibility index (Phi) is 9.40. The maximum atomic E-state index is 11.6. The molecule has 0 aliphatic carbocycles. The van der Waals surface area contributed by atoms with Crippen molar-refractivity contribution in [3.05, 3.63) is 0 Å². The maximum Gasteiger partial charge on any atom is 0.160 e. The van der Waals surface area contributed by atoms with Crippen LogP contribution in [-0.4, -0.2) is 73.1 Å². The standard InChI is InChI=1S/C30H57N3O5/c1-11-27(7)17-23(25-37-19-26(5,6)20-38-25)21(3)30(10,32(27)35)16-14-13-15-28(8)18-24(31-34)22(4)29(9,12-2)33(28)36/h21-23,25,34-36H,11-20H2,1-10H3/b31-24-. The van der Waals surface area contributed by atoms with Crippen LogP contribution in [0.5, 0.6) is 0 Å². The van der Waals surface area contributed by atoms with E-state index in [1.54, 1.807) is 10.1 Å². The molecule has 0 radical (unpaired) electrons. The molecule has 3 heterocycles. The van der Waals surface area contributed by atoms with Crippen molar-refractivity contribution >= 4 is 5.71 Å². The Labute approximate surface area is 231 Å². The molecule has 222 valence electrons. The summed E-state index contributed by atoms with van der Waals surface area (Å²) in [6.07, 6.45) is 6.15. The van der Waals surface area contributed by atoms with Gasteiger partial charge in [-0.15, -0.1) is 0 Å². The first-order chi connectivity index (χ1) is 17.5. The lowest BCUT2D eigenvalue weighted by Crippen LogP contribution is -2.67. The molecule has 0 aromatic heterocycles. The van der Waals surface area contributed by atoms with Crippen LogP contribution in [0.2, 0.25) is 0 Å². The van der Waals surface area contributed by atoms with Crippen LogP contribution in [-0.2, 0) is 9.47 Å². The zero-order valence-electron chi connectivity index (χ0n) is 25.9. The van der Waals surface area contributed by atoms with Crippen LogP contribution in [0.3, 0.4) is 0 Å². The highest BCUT2D eigenvalue weighted by Crippen LogP contribution is 2.51. The molecule has 3 aliphatic rings. The van der Waals surface area contributed by atoms with E-state index in [1.807, 2.05) is 6.92 Å². The average molecular weight is 540 g/mol. The fourth-order valence-electron chi connectivity index (χ4n) is 7.49. The predicted octanol–water partition coefficient (Wildman–Crippen LogP) is 6.71. The number of nitrogens with zero attached hydrogens (tertiary/aromatic N) is 3. The van der Waals surface area contributed by atoms with Gasteiger partial charge in [0.1, 0.15) is 0 Å². The Hall–Kier alpha value is -0.770. The molecule has 3 fully saturated rings. The van der Waals surface area contributed by atoms with Crippen molar-refractivity contribution in [3.63, 3.8) is 0 Å². The van der Waals surface area contributed by atoms with Gasteiger partial charge in [-0.05, 0) is 65.7 Å². The van der Waals surface area contributed by atoms with Gasteiger partial charge in [0.15, 0.2) is 6.29 Å². The van der Waals surface area contributed by atoms with Gasteiger partial charge >= 0.3 is 0 Å². The SMILES string of the molecule is CCC1(C)CC(C2OCC(C)(C)CO2)C(C)C(C)(CCCCC2(C)C/C(=N/O)C(C)C(C)(CC)N2O)N1O. The van der Waals surface area contributed by atoms with Gasteiger partial charge < -0.3 is 25.1 Å². The second kappa shape index (κ2) is 11.2. The largest absolute Gasteiger partial charge is 0.411 e. The predicted molar refractivity (Wildman–Crippen MR) is 150 cm³/mol. The molecule has 0 bridgehead atoms. The van der Waals surface area contributed by atoms with E-state index in [9.17, 15) is 15.6 Å². The molecule has 0 amide bonds. The van der Waals surface area contributed by atoms with Crippen LogP contribution in [0.15, 0.2) is 5.16 Å². The molecular weight excluding hydrogens is 482 g/mol. The first kappa shape index (κ1) is 31.8. The minimum atomic E-state index is -0.506. The molecule has 0 aromatic rings. The second-order valence-electron chi connectivity index (χ2n) is 14.5. The summed E-state index contributed by atoms with van der Waals surface area (Å²) in [6.45, 7) is 22.7. The molecule has 8 heteroatoms. The zero-order chi connectivity index (χ0) is 28.7. The van der Waals surface area contributed by atoms with Gasteiger partial charge in [0, 0.05) is 40.3 Å². The van der Waals surface area contributed by atoms with Crippen molar-refractivity contribution in [2.45, 2.75) is 149 Å². The van der Waals surface area contributed by atoms with Gasteiger partial charge in [0.2, 0.25) is 0 Å². The maximum absolute atomic E-state index is 11.6. The lowest BCUT2D eigenvalue weighted by molar-refractivity contribution is -0.319. The first-order valence-corrected chi connectivity index (χ1v) is 15.0. The Balaban J connectivity index is 1.73. The minimum Gasteiger partial charge on any atom is -0.411 e. The summed E-state index contributed by atoms with van der Waals surface area (Å²) in [4.78, 5) is 0. The van der Waals surface area contributed by atoms with E-state index in [2.05, 4.69) is 67.5 Å². The third kappa shape index (κ3) is 5.55. The molecule has 7 atom stereocenters. The van der Waals surface area contributed by atoms with Crippen molar-refractivity contribution in [3.8, 4) is 0 Å². The highest BCUT2D eigenvalue weighted by Gasteiger charge is 2.56. The van der Waals surface area contributed by atoms with Gasteiger partial charge in [-0.1, -0.05) is 59.5 Å². The van der Waals surface area contributed by atoms with Gasteiger partial charge in [-0.25, -0.2) is 0 Å². The van der Waals surface area contributed by atoms with Crippen LogP contribution in [0, 0.1) is 23.2 Å². The van der Waals surface area contributed by atoms with Crippen LogP contribution in [0.1, 0.15) is 121 Å². The third-order valence-corrected chi connectivity index (χ3v) is 11.2. The smallest absolute Gasteiger partial charge is 0.160 e. The third-order valence-electron chi connectivity index (χ3n) is 11.2. The van der Waals surface area contributed by atoms with Crippen LogP contribution >= 0.6 is 0 Å². The van der Waals surface area contributed by atoms with E-state index in [0.717, 1.165) is 50.7 Å². The average Bonchev–Trinajstić information content (AvgIpc) is 2.89. The van der Waals surface area contributed by atoms with Crippen LogP contribution in [0.4, 0.5) is 0 Å². The molecule has 0 spiro atoms. The van der Waals surface area contributed by atoms with E-state index in [1.165, 1.54) is 0 Å². The molecule has 3 saturated heterocycles. The first-order valence-electron chi connectivity index (χ1n) is 15.0. The van der Waals surface area contributed by atoms with E-state index in [4.69, 9.17) is 9.47 Å². The monoisotopic (exact) mass is 539 g/mol. The van der Waals surface area contributed by atoms with Gasteiger partial charge in [-0.2, -0.15) is 10.1 Å². The Bertz CT molecular complexity index is 844. The van der Waals surface area contributed by atoms with Crippen molar-refractivity contribution in [1.29, 1.82) is 0 Å². The van der Waals surface area contributed by atoms with E-state index < -0.39 is 16.6 Å². The van der Waals surface area contributed by atoms with E-state index in [0.29, 0.717) is 19.6 Å². The van der Waals surface area contributed by atoms with Crippen molar-refractivity contribution in [1.82, 2.24) is 10.1 Å². The summed E-state index contributed by atoms with van der Waals surface area (Å²) >= 11 is 0. The minimum absolute atomic E-state index is 0.0246. The Morgan fingerprint density at radius 1 is 0.842 bits per heavy atom. The summed E-state index contributed by atoms with van der Waals surface area (Å²) in [6, 6.07) is 0. The lowest BCUT2D eigenvalue weighted by Gasteiger charge is -2.59. The Morgan fingerprint density at radius 3 is 1.92 bits per heavy atom. The number of oxime groups is 1. The lowest BCUT2D eigenvalue weighted by atomic mass is 9.64. The summed E-state index contributed by atoms with van der Waals surface area (Å²) < 4.78 is 12.5. The normalized spacial score (nSPS) is 44.5. The molecule has 7 unspecified atom stereocenters. The number of hydrogen-bond donors (Lipinski definition) is 3. The van der Waals surface area contributed by atoms with Crippen molar-refractivity contribution < 1.29 is 25.1 Å². The molecular formula is C30H57N3O5. The number of ether oxygens (including phenoxy) is 2. The topological polar surface area (TPSA) is 98.0 Å². The number of piperidine rings is 2. The van der Waals surface area contributed by atoms with Gasteiger partial charge in [0.25, 0.3) is 0 Å². The number of hydrogen-bond acceptors (Lipinski definition) is 8. The summed E-state index contributed by atoms with van der Waals surface area (Å²) in [7, 11) is 0. The number of hydroxylamine groups is 4. The molecule has 3 N–H and O–H groups in total. The fourth-order valence-corrected chi connectivity index (χ4v) is 7.49. The molecule has 0 saturated carbocycles. The summed E-state index contributed by atoms with van der Waals surface area (Å²) in [5, 5.41) is 39.5. The van der Waals surface area contributed by atoms with Gasteiger partial charge in [-0.3, -0.25) is 0 Å². The quantitative estimate of drug-likeness (QED) is 0.179. The summed E-state index contributed by atoms with van der Waals surface area (Å²) in [5.41, 5.74) is -0.984. The number of unbranched alkanes of at least 4 members (excludes halogenated alkanes) is 1. The van der Waals surface area contributed by atoms with Crippen molar-refractivity contribution in [2.24, 2.45) is 28.3 Å². The molecule has 0 aromatic carbocycles. The molecule has 3 aliphatic heterocycles. The highest BCUT2D eigenvalue weighted by atomic mass is 16.7. The van der Waals surface area contributed by atoms with E-state index >= 15 is 0 Å². The van der Waals surface area contributed by atoms with Crippen LogP contribution in [0.25, 0.3) is 0 Å².